The maximum Gasteiger partial charge on any atom is 0.0903 e. The van der Waals surface area contributed by atoms with Crippen molar-refractivity contribution in [3.05, 3.63) is 0 Å². The van der Waals surface area contributed by atoms with Crippen molar-refractivity contribution in [1.82, 2.24) is 5.32 Å². The van der Waals surface area contributed by atoms with E-state index in [4.69, 9.17) is 14.2 Å². The lowest BCUT2D eigenvalue weighted by Gasteiger charge is -2.39. The summed E-state index contributed by atoms with van der Waals surface area (Å²) in [5.74, 6) is 0. The molecule has 0 unspecified atom stereocenters. The van der Waals surface area contributed by atoms with Gasteiger partial charge < -0.3 is 19.5 Å². The SMILES string of the molecule is COCCCOCCOC1(C)CNC1. The van der Waals surface area contributed by atoms with Crippen LogP contribution in [-0.2, 0) is 14.2 Å². The van der Waals surface area contributed by atoms with Crippen LogP contribution in [-0.4, -0.2) is 52.2 Å². The van der Waals surface area contributed by atoms with E-state index in [-0.39, 0.29) is 5.60 Å². The van der Waals surface area contributed by atoms with Gasteiger partial charge >= 0.3 is 0 Å². The number of nitrogens with one attached hydrogen (secondary N) is 1. The molecule has 0 atom stereocenters. The lowest BCUT2D eigenvalue weighted by atomic mass is 10.0. The fourth-order valence-electron chi connectivity index (χ4n) is 1.33. The molecule has 84 valence electrons. The monoisotopic (exact) mass is 203 g/mol. The van der Waals surface area contributed by atoms with Crippen LogP contribution in [0.1, 0.15) is 13.3 Å². The zero-order chi connectivity index (χ0) is 10.3. The van der Waals surface area contributed by atoms with E-state index in [2.05, 4.69) is 12.2 Å². The summed E-state index contributed by atoms with van der Waals surface area (Å²) in [4.78, 5) is 0. The molecule has 1 saturated heterocycles. The maximum atomic E-state index is 5.65. The topological polar surface area (TPSA) is 39.7 Å². The molecule has 0 aromatic rings. The van der Waals surface area contributed by atoms with E-state index in [1.807, 2.05) is 0 Å². The predicted molar refractivity (Wildman–Crippen MR) is 54.5 cm³/mol. The predicted octanol–water partition coefficient (Wildman–Crippen LogP) is 0.418. The standard InChI is InChI=1S/C10H21NO3/c1-10(8-11-9-10)14-7-6-13-5-3-4-12-2/h11H,3-9H2,1-2H3. The van der Waals surface area contributed by atoms with E-state index in [0.29, 0.717) is 13.2 Å². The first-order valence-electron chi connectivity index (χ1n) is 5.18. The number of ether oxygens (including phenoxy) is 3. The molecule has 1 N–H and O–H groups in total. The molecule has 0 aromatic carbocycles. The van der Waals surface area contributed by atoms with Gasteiger partial charge in [-0.1, -0.05) is 0 Å². The fourth-order valence-corrected chi connectivity index (χ4v) is 1.33. The Bertz CT molecular complexity index is 148. The van der Waals surface area contributed by atoms with Crippen molar-refractivity contribution in [2.75, 3.05) is 46.6 Å². The minimum absolute atomic E-state index is 0.0515. The third kappa shape index (κ3) is 4.37. The average molecular weight is 203 g/mol. The highest BCUT2D eigenvalue weighted by molar-refractivity contribution is 4.89. The van der Waals surface area contributed by atoms with Gasteiger partial charge in [0.15, 0.2) is 0 Å². The van der Waals surface area contributed by atoms with Crippen molar-refractivity contribution in [3.8, 4) is 0 Å². The molecule has 1 heterocycles. The van der Waals surface area contributed by atoms with Crippen LogP contribution in [0.15, 0.2) is 0 Å². The van der Waals surface area contributed by atoms with Crippen molar-refractivity contribution in [2.45, 2.75) is 18.9 Å². The minimum atomic E-state index is 0.0515. The second kappa shape index (κ2) is 6.35. The zero-order valence-electron chi connectivity index (χ0n) is 9.17. The maximum absolute atomic E-state index is 5.65. The van der Waals surface area contributed by atoms with Gasteiger partial charge in [0.2, 0.25) is 0 Å². The van der Waals surface area contributed by atoms with Crippen molar-refractivity contribution in [1.29, 1.82) is 0 Å². The van der Waals surface area contributed by atoms with Gasteiger partial charge in [0, 0.05) is 33.4 Å². The van der Waals surface area contributed by atoms with E-state index in [0.717, 1.165) is 32.7 Å². The molecule has 1 aliphatic rings. The Labute approximate surface area is 85.9 Å². The summed E-state index contributed by atoms with van der Waals surface area (Å²) in [5, 5.41) is 3.19. The van der Waals surface area contributed by atoms with Gasteiger partial charge in [-0.05, 0) is 13.3 Å². The van der Waals surface area contributed by atoms with E-state index in [9.17, 15) is 0 Å². The van der Waals surface area contributed by atoms with Crippen molar-refractivity contribution in [2.24, 2.45) is 0 Å². The molecule has 4 nitrogen and oxygen atoms in total. The second-order valence-corrected chi connectivity index (χ2v) is 3.86. The fraction of sp³-hybridized carbons (Fsp3) is 1.00. The molecule has 0 radical (unpaired) electrons. The molecule has 0 saturated carbocycles. The average Bonchev–Trinajstić information content (AvgIpc) is 2.14. The normalized spacial score (nSPS) is 19.3. The Morgan fingerprint density at radius 1 is 1.14 bits per heavy atom. The lowest BCUT2D eigenvalue weighted by Crippen LogP contribution is -2.59. The molecular weight excluding hydrogens is 182 g/mol. The Balaban J connectivity index is 1.80. The molecule has 1 aliphatic heterocycles. The van der Waals surface area contributed by atoms with Crippen LogP contribution >= 0.6 is 0 Å². The first-order chi connectivity index (χ1) is 6.77. The van der Waals surface area contributed by atoms with Crippen LogP contribution in [0.3, 0.4) is 0 Å². The Morgan fingerprint density at radius 3 is 2.50 bits per heavy atom. The van der Waals surface area contributed by atoms with Gasteiger partial charge in [-0.3, -0.25) is 0 Å². The molecule has 1 fully saturated rings. The first-order valence-corrected chi connectivity index (χ1v) is 5.18. The largest absolute Gasteiger partial charge is 0.385 e. The highest BCUT2D eigenvalue weighted by Crippen LogP contribution is 2.14. The highest BCUT2D eigenvalue weighted by Gasteiger charge is 2.31. The van der Waals surface area contributed by atoms with Crippen molar-refractivity contribution in [3.63, 3.8) is 0 Å². The second-order valence-electron chi connectivity index (χ2n) is 3.86. The van der Waals surface area contributed by atoms with Crippen LogP contribution in [0.25, 0.3) is 0 Å². The van der Waals surface area contributed by atoms with E-state index in [1.54, 1.807) is 7.11 Å². The summed E-state index contributed by atoms with van der Waals surface area (Å²) in [7, 11) is 1.70. The van der Waals surface area contributed by atoms with Gasteiger partial charge in [0.25, 0.3) is 0 Å². The van der Waals surface area contributed by atoms with Crippen molar-refractivity contribution < 1.29 is 14.2 Å². The molecule has 0 aliphatic carbocycles. The van der Waals surface area contributed by atoms with Gasteiger partial charge in [0.1, 0.15) is 0 Å². The Kier molecular flexibility index (Phi) is 5.40. The number of hydrogen-bond donors (Lipinski definition) is 1. The summed E-state index contributed by atoms with van der Waals surface area (Å²) < 4.78 is 15.9. The van der Waals surface area contributed by atoms with Crippen molar-refractivity contribution >= 4 is 0 Å². The third-order valence-electron chi connectivity index (χ3n) is 2.31. The zero-order valence-corrected chi connectivity index (χ0v) is 9.17. The summed E-state index contributed by atoms with van der Waals surface area (Å²) in [5.41, 5.74) is 0.0515. The molecule has 0 bridgehead atoms. The molecule has 1 rings (SSSR count). The van der Waals surface area contributed by atoms with Gasteiger partial charge in [-0.25, -0.2) is 0 Å². The molecule has 0 spiro atoms. The van der Waals surface area contributed by atoms with Crippen LogP contribution in [0, 0.1) is 0 Å². The minimum Gasteiger partial charge on any atom is -0.385 e. The quantitative estimate of drug-likeness (QED) is 0.580. The summed E-state index contributed by atoms with van der Waals surface area (Å²) in [6, 6.07) is 0. The molecule has 4 heteroatoms. The van der Waals surface area contributed by atoms with E-state index < -0.39 is 0 Å². The van der Waals surface area contributed by atoms with Crippen LogP contribution < -0.4 is 5.32 Å². The molecule has 0 aromatic heterocycles. The Morgan fingerprint density at radius 2 is 1.93 bits per heavy atom. The van der Waals surface area contributed by atoms with Crippen LogP contribution in [0.4, 0.5) is 0 Å². The molecular formula is C10H21NO3. The van der Waals surface area contributed by atoms with E-state index in [1.165, 1.54) is 0 Å². The lowest BCUT2D eigenvalue weighted by molar-refractivity contribution is -0.0852. The van der Waals surface area contributed by atoms with E-state index >= 15 is 0 Å². The van der Waals surface area contributed by atoms with Crippen LogP contribution in [0.5, 0.6) is 0 Å². The van der Waals surface area contributed by atoms with Gasteiger partial charge in [-0.15, -0.1) is 0 Å². The first kappa shape index (κ1) is 11.9. The third-order valence-corrected chi connectivity index (χ3v) is 2.31. The van der Waals surface area contributed by atoms with Crippen LogP contribution in [0.2, 0.25) is 0 Å². The number of hydrogen-bond acceptors (Lipinski definition) is 4. The number of methoxy groups -OCH3 is 1. The molecule has 14 heavy (non-hydrogen) atoms. The summed E-state index contributed by atoms with van der Waals surface area (Å²) in [6.07, 6.45) is 0.954. The number of rotatable bonds is 8. The van der Waals surface area contributed by atoms with Gasteiger partial charge in [0.05, 0.1) is 18.8 Å². The Hall–Kier alpha value is -0.160. The summed E-state index contributed by atoms with van der Waals surface area (Å²) >= 11 is 0. The van der Waals surface area contributed by atoms with Gasteiger partial charge in [-0.2, -0.15) is 0 Å². The summed E-state index contributed by atoms with van der Waals surface area (Å²) in [6.45, 7) is 6.92. The smallest absolute Gasteiger partial charge is 0.0903 e. The highest BCUT2D eigenvalue weighted by atomic mass is 16.5. The molecule has 0 amide bonds.